The highest BCUT2D eigenvalue weighted by molar-refractivity contribution is 5.87. The van der Waals surface area contributed by atoms with Gasteiger partial charge in [0, 0.05) is 17.3 Å². The lowest BCUT2D eigenvalue weighted by atomic mass is 10.0. The Bertz CT molecular complexity index is 752. The van der Waals surface area contributed by atoms with E-state index in [0.29, 0.717) is 11.3 Å². The Hall–Kier alpha value is -2.43. The number of halogens is 1. The molecule has 2 aromatic heterocycles. The summed E-state index contributed by atoms with van der Waals surface area (Å²) in [5, 5.41) is 8.02. The molecule has 5 heteroatoms. The molecule has 0 spiro atoms. The van der Waals surface area contributed by atoms with E-state index in [4.69, 9.17) is 4.74 Å². The van der Waals surface area contributed by atoms with E-state index in [1.54, 1.807) is 6.07 Å². The minimum atomic E-state index is -0.542. The van der Waals surface area contributed by atoms with Crippen LogP contribution in [-0.2, 0) is 0 Å². The van der Waals surface area contributed by atoms with Crippen LogP contribution in [0.3, 0.4) is 0 Å². The van der Waals surface area contributed by atoms with Gasteiger partial charge in [-0.2, -0.15) is 9.49 Å². The summed E-state index contributed by atoms with van der Waals surface area (Å²) < 4.78 is 19.1. The molecule has 3 rings (SSSR count). The maximum atomic E-state index is 13.9. The molecule has 1 N–H and O–H groups in total. The summed E-state index contributed by atoms with van der Waals surface area (Å²) in [5.74, 6) is -0.0761. The van der Waals surface area contributed by atoms with Crippen molar-refractivity contribution in [2.24, 2.45) is 0 Å². The third kappa shape index (κ3) is 1.83. The van der Waals surface area contributed by atoms with E-state index >= 15 is 0 Å². The number of ether oxygens (including phenoxy) is 1. The topological polar surface area (TPSA) is 50.8 Å². The van der Waals surface area contributed by atoms with E-state index in [9.17, 15) is 4.39 Å². The van der Waals surface area contributed by atoms with E-state index in [0.717, 1.165) is 22.2 Å². The van der Waals surface area contributed by atoms with Crippen LogP contribution >= 0.6 is 0 Å². The van der Waals surface area contributed by atoms with Gasteiger partial charge in [0.2, 0.25) is 5.95 Å². The number of hydrogen-bond acceptors (Lipinski definition) is 3. The van der Waals surface area contributed by atoms with Crippen LogP contribution in [0.5, 0.6) is 5.75 Å². The van der Waals surface area contributed by atoms with Gasteiger partial charge in [-0.05, 0) is 30.7 Å². The van der Waals surface area contributed by atoms with Crippen molar-refractivity contribution in [3.8, 4) is 16.9 Å². The number of hydrogen-bond donors (Lipinski definition) is 1. The zero-order chi connectivity index (χ0) is 13.4. The highest BCUT2D eigenvalue weighted by Gasteiger charge is 2.14. The van der Waals surface area contributed by atoms with Gasteiger partial charge in [-0.15, -0.1) is 0 Å². The van der Waals surface area contributed by atoms with Gasteiger partial charge in [0.25, 0.3) is 0 Å². The number of rotatable bonds is 2. The van der Waals surface area contributed by atoms with E-state index < -0.39 is 5.95 Å². The molecule has 0 radical (unpaired) electrons. The second kappa shape index (κ2) is 4.35. The van der Waals surface area contributed by atoms with Crippen LogP contribution < -0.4 is 4.74 Å². The first-order valence-electron chi connectivity index (χ1n) is 5.84. The van der Waals surface area contributed by atoms with Crippen LogP contribution in [0.1, 0.15) is 5.69 Å². The van der Waals surface area contributed by atoms with E-state index in [2.05, 4.69) is 15.2 Å². The normalized spacial score (nSPS) is 10.9. The first-order chi connectivity index (χ1) is 9.20. The van der Waals surface area contributed by atoms with Crippen molar-refractivity contribution in [2.75, 3.05) is 7.11 Å². The van der Waals surface area contributed by atoms with Crippen molar-refractivity contribution >= 4 is 10.9 Å². The molecule has 0 fully saturated rings. The summed E-state index contributed by atoms with van der Waals surface area (Å²) in [6, 6.07) is 7.19. The van der Waals surface area contributed by atoms with Gasteiger partial charge in [-0.1, -0.05) is 6.07 Å². The molecular weight excluding hydrogens is 245 g/mol. The summed E-state index contributed by atoms with van der Waals surface area (Å²) in [4.78, 5) is 3.68. The molecule has 2 heterocycles. The first-order valence-corrected chi connectivity index (χ1v) is 5.84. The van der Waals surface area contributed by atoms with Crippen molar-refractivity contribution < 1.29 is 9.13 Å². The van der Waals surface area contributed by atoms with Gasteiger partial charge in [0.1, 0.15) is 5.75 Å². The van der Waals surface area contributed by atoms with Crippen molar-refractivity contribution in [3.63, 3.8) is 0 Å². The molecule has 0 saturated heterocycles. The Morgan fingerprint density at radius 2 is 2.11 bits per heavy atom. The predicted octanol–water partition coefficient (Wildman–Crippen LogP) is 3.08. The molecule has 0 aliphatic heterocycles. The molecule has 1 aromatic carbocycles. The van der Waals surface area contributed by atoms with Gasteiger partial charge in [-0.3, -0.25) is 5.10 Å². The van der Waals surface area contributed by atoms with Crippen molar-refractivity contribution in [2.45, 2.75) is 6.92 Å². The van der Waals surface area contributed by atoms with Crippen LogP contribution in [0.4, 0.5) is 4.39 Å². The summed E-state index contributed by atoms with van der Waals surface area (Å²) in [7, 11) is 1.51. The fraction of sp³-hybridized carbons (Fsp3) is 0.143. The Morgan fingerprint density at radius 3 is 2.89 bits per heavy atom. The summed E-state index contributed by atoms with van der Waals surface area (Å²) in [6.45, 7) is 1.93. The molecule has 0 aliphatic rings. The maximum Gasteiger partial charge on any atom is 0.224 e. The van der Waals surface area contributed by atoms with Gasteiger partial charge in [-0.25, -0.2) is 4.98 Å². The smallest absolute Gasteiger partial charge is 0.224 e. The summed E-state index contributed by atoms with van der Waals surface area (Å²) >= 11 is 0. The minimum absolute atomic E-state index is 0.368. The third-order valence-corrected chi connectivity index (χ3v) is 3.12. The molecule has 3 aromatic rings. The average molecular weight is 257 g/mol. The van der Waals surface area contributed by atoms with Gasteiger partial charge in [0.15, 0.2) is 0 Å². The number of pyridine rings is 1. The molecule has 0 saturated carbocycles. The molecular formula is C14H12FN3O. The number of fused-ring (bicyclic) bond motifs is 1. The molecule has 19 heavy (non-hydrogen) atoms. The van der Waals surface area contributed by atoms with Crippen LogP contribution in [-0.4, -0.2) is 22.3 Å². The number of H-pyrrole nitrogens is 1. The quantitative estimate of drug-likeness (QED) is 0.718. The molecule has 4 nitrogen and oxygen atoms in total. The lowest BCUT2D eigenvalue weighted by Gasteiger charge is -2.08. The number of benzene rings is 1. The molecule has 0 aliphatic carbocycles. The van der Waals surface area contributed by atoms with E-state index in [1.807, 2.05) is 25.1 Å². The zero-order valence-electron chi connectivity index (χ0n) is 10.6. The summed E-state index contributed by atoms with van der Waals surface area (Å²) in [5.41, 5.74) is 2.89. The van der Waals surface area contributed by atoms with Gasteiger partial charge in [0.05, 0.1) is 18.2 Å². The van der Waals surface area contributed by atoms with Crippen LogP contribution in [0, 0.1) is 12.9 Å². The average Bonchev–Trinajstić information content (AvgIpc) is 2.79. The second-order valence-electron chi connectivity index (χ2n) is 4.26. The monoisotopic (exact) mass is 257 g/mol. The highest BCUT2D eigenvalue weighted by Crippen LogP contribution is 2.33. The first kappa shape index (κ1) is 11.6. The Balaban J connectivity index is 2.27. The fourth-order valence-electron chi connectivity index (χ4n) is 2.15. The molecule has 0 unspecified atom stereocenters. The molecule has 0 atom stereocenters. The minimum Gasteiger partial charge on any atom is -0.496 e. The fourth-order valence-corrected chi connectivity index (χ4v) is 2.15. The SMILES string of the molecule is COc1ccnc(F)c1-c1ccc2n[nH]c(C)c2c1. The largest absolute Gasteiger partial charge is 0.496 e. The molecule has 0 amide bonds. The number of aromatic amines is 1. The van der Waals surface area contributed by atoms with Crippen molar-refractivity contribution in [3.05, 3.63) is 42.1 Å². The Labute approximate surface area is 109 Å². The Kier molecular flexibility index (Phi) is 2.67. The van der Waals surface area contributed by atoms with Gasteiger partial charge >= 0.3 is 0 Å². The van der Waals surface area contributed by atoms with Crippen LogP contribution in [0.2, 0.25) is 0 Å². The van der Waals surface area contributed by atoms with Crippen LogP contribution in [0.15, 0.2) is 30.5 Å². The van der Waals surface area contributed by atoms with E-state index in [-0.39, 0.29) is 0 Å². The molecule has 96 valence electrons. The maximum absolute atomic E-state index is 13.9. The third-order valence-electron chi connectivity index (χ3n) is 3.12. The van der Waals surface area contributed by atoms with Gasteiger partial charge < -0.3 is 4.74 Å². The number of aromatic nitrogens is 3. The Morgan fingerprint density at radius 1 is 1.26 bits per heavy atom. The van der Waals surface area contributed by atoms with E-state index in [1.165, 1.54) is 13.3 Å². The predicted molar refractivity (Wildman–Crippen MR) is 70.6 cm³/mol. The lowest BCUT2D eigenvalue weighted by molar-refractivity contribution is 0.411. The standard InChI is InChI=1S/C14H12FN3O/c1-8-10-7-9(3-4-11(10)18-17-8)13-12(19-2)5-6-16-14(13)15/h3-7H,1-2H3,(H,17,18). The number of methoxy groups -OCH3 is 1. The summed E-state index contributed by atoms with van der Waals surface area (Å²) in [6.07, 6.45) is 1.39. The molecule has 0 bridgehead atoms. The van der Waals surface area contributed by atoms with Crippen molar-refractivity contribution in [1.82, 2.24) is 15.2 Å². The zero-order valence-corrected chi connectivity index (χ0v) is 10.6. The number of nitrogens with zero attached hydrogens (tertiary/aromatic N) is 2. The van der Waals surface area contributed by atoms with Crippen molar-refractivity contribution in [1.29, 1.82) is 0 Å². The van der Waals surface area contributed by atoms with Crippen LogP contribution in [0.25, 0.3) is 22.0 Å². The number of nitrogens with one attached hydrogen (secondary N) is 1. The number of aryl methyl sites for hydroxylation is 1. The second-order valence-corrected chi connectivity index (χ2v) is 4.26. The lowest BCUT2D eigenvalue weighted by Crippen LogP contribution is -1.94. The highest BCUT2D eigenvalue weighted by atomic mass is 19.1.